The molecular formula is C25H28N6O2. The van der Waals surface area contributed by atoms with Crippen molar-refractivity contribution < 1.29 is 4.79 Å². The summed E-state index contributed by atoms with van der Waals surface area (Å²) in [5, 5.41) is 2.97. The molecule has 1 aliphatic carbocycles. The second-order valence-electron chi connectivity index (χ2n) is 8.94. The number of hydrogen-bond acceptors (Lipinski definition) is 6. The fourth-order valence-electron chi connectivity index (χ4n) is 5.00. The number of pyridine rings is 1. The maximum Gasteiger partial charge on any atom is 0.294 e. The van der Waals surface area contributed by atoms with Gasteiger partial charge in [0.05, 0.1) is 0 Å². The molecule has 8 nitrogen and oxygen atoms in total. The molecule has 1 aliphatic heterocycles. The average molecular weight is 445 g/mol. The van der Waals surface area contributed by atoms with Gasteiger partial charge in [0, 0.05) is 37.2 Å². The maximum absolute atomic E-state index is 13.5. The van der Waals surface area contributed by atoms with Crippen LogP contribution in [0.4, 0.5) is 11.6 Å². The van der Waals surface area contributed by atoms with Crippen molar-refractivity contribution >= 4 is 17.5 Å². The molecule has 33 heavy (non-hydrogen) atoms. The lowest BCUT2D eigenvalue weighted by Crippen LogP contribution is -2.41. The minimum atomic E-state index is -0.537. The van der Waals surface area contributed by atoms with E-state index in [9.17, 15) is 9.59 Å². The number of anilines is 2. The fraction of sp³-hybridized carbons (Fsp3) is 0.360. The summed E-state index contributed by atoms with van der Waals surface area (Å²) in [5.41, 5.74) is 10.6. The van der Waals surface area contributed by atoms with E-state index in [1.807, 2.05) is 24.9 Å². The third kappa shape index (κ3) is 3.86. The van der Waals surface area contributed by atoms with Crippen molar-refractivity contribution in [2.75, 3.05) is 17.7 Å². The van der Waals surface area contributed by atoms with Gasteiger partial charge < -0.3 is 16.0 Å². The van der Waals surface area contributed by atoms with Gasteiger partial charge in [-0.15, -0.1) is 0 Å². The van der Waals surface area contributed by atoms with Crippen LogP contribution in [0.25, 0.3) is 0 Å². The Bertz CT molecular complexity index is 1260. The van der Waals surface area contributed by atoms with E-state index >= 15 is 0 Å². The highest BCUT2D eigenvalue weighted by atomic mass is 16.2. The predicted octanol–water partition coefficient (Wildman–Crippen LogP) is 1.94. The van der Waals surface area contributed by atoms with E-state index in [0.29, 0.717) is 31.0 Å². The number of fused-ring (bicyclic) bond motifs is 2. The number of carbonyl (C=O) groups excluding carboxylic acids is 1. The lowest BCUT2D eigenvalue weighted by atomic mass is 10.1. The van der Waals surface area contributed by atoms with Crippen molar-refractivity contribution in [1.29, 1.82) is 0 Å². The van der Waals surface area contributed by atoms with Crippen LogP contribution in [0, 0.1) is 6.92 Å². The molecule has 3 N–H and O–H groups in total. The van der Waals surface area contributed by atoms with Gasteiger partial charge in [-0.3, -0.25) is 14.2 Å². The van der Waals surface area contributed by atoms with Crippen molar-refractivity contribution in [3.8, 4) is 0 Å². The monoisotopic (exact) mass is 444 g/mol. The molecule has 0 fully saturated rings. The summed E-state index contributed by atoms with van der Waals surface area (Å²) < 4.78 is 1.63. The summed E-state index contributed by atoms with van der Waals surface area (Å²) in [6, 6.07) is 11.6. The molecule has 2 aliphatic rings. The van der Waals surface area contributed by atoms with Gasteiger partial charge >= 0.3 is 0 Å². The van der Waals surface area contributed by atoms with E-state index in [2.05, 4.69) is 39.6 Å². The molecule has 1 aromatic carbocycles. The highest BCUT2D eigenvalue weighted by molar-refractivity contribution is 5.81. The molecule has 0 radical (unpaired) electrons. The zero-order valence-electron chi connectivity index (χ0n) is 18.9. The van der Waals surface area contributed by atoms with Crippen molar-refractivity contribution in [1.82, 2.24) is 19.9 Å². The largest absolute Gasteiger partial charge is 0.384 e. The Morgan fingerprint density at radius 3 is 2.64 bits per heavy atom. The van der Waals surface area contributed by atoms with Crippen LogP contribution < -0.4 is 21.5 Å². The first-order chi connectivity index (χ1) is 15.9. The fourth-order valence-corrected chi connectivity index (χ4v) is 5.00. The number of nitrogens with two attached hydrogens (primary N) is 1. The summed E-state index contributed by atoms with van der Waals surface area (Å²) in [5.74, 6) is 0.684. The number of aryl methyl sites for hydroxylation is 2. The molecule has 0 saturated carbocycles. The predicted molar refractivity (Wildman–Crippen MR) is 127 cm³/mol. The first-order valence-electron chi connectivity index (χ1n) is 11.3. The number of aromatic nitrogens is 3. The van der Waals surface area contributed by atoms with Crippen LogP contribution in [0.5, 0.6) is 0 Å². The highest BCUT2D eigenvalue weighted by Gasteiger charge is 2.33. The molecule has 0 bridgehead atoms. The van der Waals surface area contributed by atoms with Gasteiger partial charge in [-0.25, -0.2) is 9.97 Å². The zero-order chi connectivity index (χ0) is 23.1. The summed E-state index contributed by atoms with van der Waals surface area (Å²) >= 11 is 0. The topological polar surface area (TPSA) is 106 Å². The average Bonchev–Trinajstić information content (AvgIpc) is 3.43. The lowest BCUT2D eigenvalue weighted by molar-refractivity contribution is -0.124. The van der Waals surface area contributed by atoms with Crippen LogP contribution in [0.2, 0.25) is 0 Å². The van der Waals surface area contributed by atoms with E-state index in [1.54, 1.807) is 16.8 Å². The minimum absolute atomic E-state index is 0.167. The SMILES string of the molecule is Cc1nc(N)ccc1CNC(=O)[C@@H]1CCc2cnc(N(C)C3Cc4ccccc4C3)c(=O)n21. The molecule has 0 saturated heterocycles. The summed E-state index contributed by atoms with van der Waals surface area (Å²) in [6.45, 7) is 2.21. The second-order valence-corrected chi connectivity index (χ2v) is 8.94. The Morgan fingerprint density at radius 1 is 1.21 bits per heavy atom. The summed E-state index contributed by atoms with van der Waals surface area (Å²) in [6.07, 6.45) is 4.75. The van der Waals surface area contributed by atoms with Gasteiger partial charge in [-0.05, 0) is 55.4 Å². The number of amides is 1. The Kier molecular flexibility index (Phi) is 5.36. The summed E-state index contributed by atoms with van der Waals surface area (Å²) in [7, 11) is 1.92. The van der Waals surface area contributed by atoms with Crippen molar-refractivity contribution in [3.63, 3.8) is 0 Å². The maximum atomic E-state index is 13.5. The number of nitrogens with zero attached hydrogens (tertiary/aromatic N) is 4. The Morgan fingerprint density at radius 2 is 1.94 bits per heavy atom. The van der Waals surface area contributed by atoms with E-state index in [4.69, 9.17) is 5.73 Å². The molecule has 0 unspecified atom stereocenters. The highest BCUT2D eigenvalue weighted by Crippen LogP contribution is 2.28. The molecular weight excluding hydrogens is 416 g/mol. The van der Waals surface area contributed by atoms with Gasteiger partial charge in [0.25, 0.3) is 5.56 Å². The molecule has 170 valence electrons. The number of nitrogen functional groups attached to an aromatic ring is 1. The Labute approximate surface area is 192 Å². The molecule has 3 heterocycles. The second kappa shape index (κ2) is 8.35. The van der Waals surface area contributed by atoms with Crippen molar-refractivity contribution in [2.45, 2.75) is 51.2 Å². The van der Waals surface area contributed by atoms with E-state index in [1.165, 1.54) is 11.1 Å². The van der Waals surface area contributed by atoms with Crippen LogP contribution in [0.3, 0.4) is 0 Å². The van der Waals surface area contributed by atoms with Crippen molar-refractivity contribution in [2.24, 2.45) is 0 Å². The minimum Gasteiger partial charge on any atom is -0.384 e. The van der Waals surface area contributed by atoms with Gasteiger partial charge in [-0.1, -0.05) is 30.3 Å². The number of benzene rings is 1. The molecule has 2 aromatic heterocycles. The molecule has 0 spiro atoms. The molecule has 1 amide bonds. The third-order valence-electron chi connectivity index (χ3n) is 6.92. The Hall–Kier alpha value is -3.68. The van der Waals surface area contributed by atoms with E-state index in [0.717, 1.165) is 29.8 Å². The Balaban J connectivity index is 1.35. The van der Waals surface area contributed by atoms with Crippen LogP contribution >= 0.6 is 0 Å². The molecule has 3 aromatic rings. The zero-order valence-corrected chi connectivity index (χ0v) is 18.9. The van der Waals surface area contributed by atoms with Gasteiger partial charge in [0.1, 0.15) is 11.9 Å². The normalized spacial score (nSPS) is 17.0. The van der Waals surface area contributed by atoms with Crippen LogP contribution in [-0.4, -0.2) is 33.5 Å². The smallest absolute Gasteiger partial charge is 0.294 e. The molecule has 8 heteroatoms. The number of nitrogens with one attached hydrogen (secondary N) is 1. The van der Waals surface area contributed by atoms with Gasteiger partial charge in [0.15, 0.2) is 5.82 Å². The van der Waals surface area contributed by atoms with Crippen LogP contribution in [0.1, 0.15) is 40.5 Å². The number of likely N-dealkylation sites (N-methyl/N-ethyl adjacent to an activating group) is 1. The number of rotatable bonds is 5. The van der Waals surface area contributed by atoms with Crippen LogP contribution in [0.15, 0.2) is 47.4 Å². The standard InChI is InChI=1S/C25H28N6O2/c1-15-18(7-10-22(26)29-15)13-28-24(32)21-9-8-19-14-27-23(25(33)31(19)21)30(2)20-11-16-5-3-4-6-17(16)12-20/h3-7,10,14,20-21H,8-9,11-13H2,1-2H3,(H2,26,29)(H,28,32)/t21-/m0/s1. The van der Waals surface area contributed by atoms with Crippen LogP contribution in [-0.2, 0) is 30.6 Å². The van der Waals surface area contributed by atoms with Gasteiger partial charge in [0.2, 0.25) is 5.91 Å². The lowest BCUT2D eigenvalue weighted by Gasteiger charge is -2.26. The molecule has 5 rings (SSSR count). The third-order valence-corrected chi connectivity index (χ3v) is 6.92. The first kappa shape index (κ1) is 21.2. The van der Waals surface area contributed by atoms with Crippen molar-refractivity contribution in [3.05, 3.63) is 81.0 Å². The first-order valence-corrected chi connectivity index (χ1v) is 11.3. The number of hydrogen-bond donors (Lipinski definition) is 2. The molecule has 1 atom stereocenters. The van der Waals surface area contributed by atoms with E-state index in [-0.39, 0.29) is 17.5 Å². The quantitative estimate of drug-likeness (QED) is 0.623. The van der Waals surface area contributed by atoms with Gasteiger partial charge in [-0.2, -0.15) is 0 Å². The number of carbonyl (C=O) groups is 1. The van der Waals surface area contributed by atoms with E-state index < -0.39 is 6.04 Å². The summed E-state index contributed by atoms with van der Waals surface area (Å²) in [4.78, 5) is 37.2.